The number of carbonyl (C=O) groups is 2. The molecule has 4 nitrogen and oxygen atoms in total. The summed E-state index contributed by atoms with van der Waals surface area (Å²) in [6.07, 6.45) is 18.3. The maximum Gasteiger partial charge on any atom is 0.303 e. The number of unbranched alkanes of at least 4 members (excludes halogenated alkanes) is 2. The van der Waals surface area contributed by atoms with Crippen molar-refractivity contribution >= 4 is 11.8 Å². The van der Waals surface area contributed by atoms with E-state index in [1.807, 2.05) is 12.2 Å². The van der Waals surface area contributed by atoms with Crippen LogP contribution in [0.4, 0.5) is 0 Å². The van der Waals surface area contributed by atoms with Gasteiger partial charge in [0.25, 0.3) is 0 Å². The van der Waals surface area contributed by atoms with E-state index in [1.54, 1.807) is 0 Å². The summed E-state index contributed by atoms with van der Waals surface area (Å²) in [5.41, 5.74) is -0.547. The molecule has 27 heavy (non-hydrogen) atoms. The molecule has 4 heteroatoms. The van der Waals surface area contributed by atoms with Gasteiger partial charge in [-0.05, 0) is 63.2 Å². The standard InChI is InChI=1S/C23H36O4/c1-2-3-16-23(27,19-13-14-19)17-8-9-18-12-15-21(24)20(18)10-6-4-5-7-11-22(25)26/h4,6,8-9,18-20,27H,2-3,5,7,10-17H2,1H3,(H,25,26)/t18-,20+,23?/m0/s1. The third-order valence-electron chi connectivity index (χ3n) is 6.13. The van der Waals surface area contributed by atoms with Gasteiger partial charge < -0.3 is 10.2 Å². The van der Waals surface area contributed by atoms with Gasteiger partial charge in [0, 0.05) is 18.8 Å². The number of allylic oxidation sites excluding steroid dienone is 3. The fourth-order valence-corrected chi connectivity index (χ4v) is 4.23. The lowest BCUT2D eigenvalue weighted by Gasteiger charge is -2.27. The van der Waals surface area contributed by atoms with Crippen molar-refractivity contribution in [1.82, 2.24) is 0 Å². The van der Waals surface area contributed by atoms with Crippen LogP contribution in [0.5, 0.6) is 0 Å². The Morgan fingerprint density at radius 1 is 1.19 bits per heavy atom. The van der Waals surface area contributed by atoms with Gasteiger partial charge >= 0.3 is 5.97 Å². The second-order valence-corrected chi connectivity index (χ2v) is 8.38. The van der Waals surface area contributed by atoms with Gasteiger partial charge in [-0.25, -0.2) is 0 Å². The zero-order chi connectivity index (χ0) is 19.7. The van der Waals surface area contributed by atoms with Crippen molar-refractivity contribution in [1.29, 1.82) is 0 Å². The van der Waals surface area contributed by atoms with Crippen LogP contribution in [0.25, 0.3) is 0 Å². The summed E-state index contributed by atoms with van der Waals surface area (Å²) in [6.45, 7) is 2.16. The topological polar surface area (TPSA) is 74.6 Å². The first kappa shape index (κ1) is 21.9. The van der Waals surface area contributed by atoms with Gasteiger partial charge in [-0.1, -0.05) is 44.1 Å². The average molecular weight is 377 g/mol. The lowest BCUT2D eigenvalue weighted by Crippen LogP contribution is -2.30. The number of aliphatic carboxylic acids is 1. The van der Waals surface area contributed by atoms with E-state index < -0.39 is 11.6 Å². The Balaban J connectivity index is 1.81. The Hall–Kier alpha value is -1.42. The first-order chi connectivity index (χ1) is 13.0. The molecule has 2 rings (SSSR count). The maximum atomic E-state index is 12.2. The molecule has 0 bridgehead atoms. The van der Waals surface area contributed by atoms with Crippen LogP contribution in [0.15, 0.2) is 24.3 Å². The van der Waals surface area contributed by atoms with Crippen molar-refractivity contribution in [2.24, 2.45) is 17.8 Å². The van der Waals surface area contributed by atoms with Gasteiger partial charge in [0.1, 0.15) is 5.78 Å². The Bertz CT molecular complexity index is 547. The van der Waals surface area contributed by atoms with Crippen LogP contribution in [-0.2, 0) is 9.59 Å². The molecule has 3 atom stereocenters. The second-order valence-electron chi connectivity index (χ2n) is 8.38. The maximum absolute atomic E-state index is 12.2. The number of hydrogen-bond acceptors (Lipinski definition) is 3. The molecule has 152 valence electrons. The molecule has 0 amide bonds. The minimum atomic E-state index is -0.760. The lowest BCUT2D eigenvalue weighted by molar-refractivity contribution is -0.137. The molecule has 0 aromatic rings. The van der Waals surface area contributed by atoms with E-state index in [1.165, 1.54) is 0 Å². The average Bonchev–Trinajstić information content (AvgIpc) is 3.43. The van der Waals surface area contributed by atoms with Crippen molar-refractivity contribution in [3.63, 3.8) is 0 Å². The molecule has 2 fully saturated rings. The Morgan fingerprint density at radius 2 is 1.96 bits per heavy atom. The van der Waals surface area contributed by atoms with Crippen LogP contribution in [-0.4, -0.2) is 27.6 Å². The van der Waals surface area contributed by atoms with Crippen molar-refractivity contribution < 1.29 is 19.8 Å². The van der Waals surface area contributed by atoms with Gasteiger partial charge in [-0.2, -0.15) is 0 Å². The molecule has 0 aliphatic heterocycles. The van der Waals surface area contributed by atoms with Crippen molar-refractivity contribution in [2.45, 2.75) is 89.6 Å². The van der Waals surface area contributed by atoms with E-state index in [9.17, 15) is 14.7 Å². The monoisotopic (exact) mass is 376 g/mol. The van der Waals surface area contributed by atoms with Crippen molar-refractivity contribution in [3.8, 4) is 0 Å². The summed E-state index contributed by atoms with van der Waals surface area (Å²) in [5, 5.41) is 19.6. The zero-order valence-electron chi connectivity index (χ0n) is 16.7. The zero-order valence-corrected chi connectivity index (χ0v) is 16.7. The number of ketones is 1. The van der Waals surface area contributed by atoms with E-state index in [-0.39, 0.29) is 18.3 Å². The molecule has 2 saturated carbocycles. The summed E-state index contributed by atoms with van der Waals surface area (Å²) in [6, 6.07) is 0. The number of carboxylic acid groups (broad SMARTS) is 1. The molecule has 0 saturated heterocycles. The molecule has 0 aromatic carbocycles. The first-order valence-electron chi connectivity index (χ1n) is 10.7. The van der Waals surface area contributed by atoms with Gasteiger partial charge in [0.2, 0.25) is 0 Å². The molecule has 2 aliphatic rings. The molecule has 0 heterocycles. The highest BCUT2D eigenvalue weighted by molar-refractivity contribution is 5.83. The molecular formula is C23H36O4. The summed E-state index contributed by atoms with van der Waals surface area (Å²) in [4.78, 5) is 22.7. The highest BCUT2D eigenvalue weighted by atomic mass is 16.4. The molecule has 0 spiro atoms. The number of rotatable bonds is 13. The van der Waals surface area contributed by atoms with Crippen molar-refractivity contribution in [2.75, 3.05) is 0 Å². The predicted molar refractivity (Wildman–Crippen MR) is 107 cm³/mol. The molecule has 0 aromatic heterocycles. The number of Topliss-reactive ketones (excluding diaryl/α,β-unsaturated/α-hetero) is 1. The van der Waals surface area contributed by atoms with E-state index in [0.29, 0.717) is 31.0 Å². The van der Waals surface area contributed by atoms with E-state index in [2.05, 4.69) is 19.1 Å². The molecule has 0 radical (unpaired) electrons. The van der Waals surface area contributed by atoms with Crippen LogP contribution < -0.4 is 0 Å². The van der Waals surface area contributed by atoms with Crippen LogP contribution in [0.1, 0.15) is 84.0 Å². The smallest absolute Gasteiger partial charge is 0.303 e. The lowest BCUT2D eigenvalue weighted by atomic mass is 9.86. The van der Waals surface area contributed by atoms with Crippen molar-refractivity contribution in [3.05, 3.63) is 24.3 Å². The SMILES string of the molecule is CCCCC(O)(CC=C[C@H]1CCC(=O)[C@@H]1CC=CCCCC(=O)O)C1CC1. The molecule has 1 unspecified atom stereocenters. The Morgan fingerprint density at radius 3 is 2.63 bits per heavy atom. The van der Waals surface area contributed by atoms with Gasteiger partial charge in [-0.15, -0.1) is 0 Å². The van der Waals surface area contributed by atoms with Gasteiger partial charge in [-0.3, -0.25) is 9.59 Å². The molecule has 2 N–H and O–H groups in total. The largest absolute Gasteiger partial charge is 0.481 e. The first-order valence-corrected chi connectivity index (χ1v) is 10.7. The highest BCUT2D eigenvalue weighted by Gasteiger charge is 2.42. The highest BCUT2D eigenvalue weighted by Crippen LogP contribution is 2.44. The van der Waals surface area contributed by atoms with Gasteiger partial charge in [0.15, 0.2) is 0 Å². The minimum Gasteiger partial charge on any atom is -0.481 e. The number of aliphatic hydroxyl groups is 1. The fourth-order valence-electron chi connectivity index (χ4n) is 4.23. The number of carbonyl (C=O) groups excluding carboxylic acids is 1. The Kier molecular flexibility index (Phi) is 8.75. The minimum absolute atomic E-state index is 0.0432. The number of hydrogen-bond donors (Lipinski definition) is 2. The van der Waals surface area contributed by atoms with E-state index in [4.69, 9.17) is 5.11 Å². The quantitative estimate of drug-likeness (QED) is 0.348. The summed E-state index contributed by atoms with van der Waals surface area (Å²) < 4.78 is 0. The summed E-state index contributed by atoms with van der Waals surface area (Å²) in [5.74, 6) is 0.355. The number of carboxylic acids is 1. The molecular weight excluding hydrogens is 340 g/mol. The van der Waals surface area contributed by atoms with Crippen LogP contribution in [0.3, 0.4) is 0 Å². The third kappa shape index (κ3) is 7.25. The van der Waals surface area contributed by atoms with Crippen LogP contribution in [0, 0.1) is 17.8 Å². The fraction of sp³-hybridized carbons (Fsp3) is 0.739. The van der Waals surface area contributed by atoms with Crippen LogP contribution in [0.2, 0.25) is 0 Å². The van der Waals surface area contributed by atoms with E-state index in [0.717, 1.165) is 51.4 Å². The summed E-state index contributed by atoms with van der Waals surface area (Å²) in [7, 11) is 0. The van der Waals surface area contributed by atoms with E-state index >= 15 is 0 Å². The normalized spacial score (nSPS) is 25.5. The predicted octanol–water partition coefficient (Wildman–Crippen LogP) is 5.06. The summed E-state index contributed by atoms with van der Waals surface area (Å²) >= 11 is 0. The molecule has 2 aliphatic carbocycles. The Labute approximate surface area is 163 Å². The second kappa shape index (κ2) is 10.8. The van der Waals surface area contributed by atoms with Crippen LogP contribution >= 0.6 is 0 Å². The third-order valence-corrected chi connectivity index (χ3v) is 6.13. The van der Waals surface area contributed by atoms with Gasteiger partial charge in [0.05, 0.1) is 5.60 Å².